The quantitative estimate of drug-likeness (QED) is 0.866. The molecular formula is C16H15N3O2. The molecule has 2 aromatic rings. The van der Waals surface area contributed by atoms with E-state index in [1.807, 2.05) is 48.5 Å². The van der Waals surface area contributed by atoms with Crippen molar-refractivity contribution in [3.8, 4) is 0 Å². The summed E-state index contributed by atoms with van der Waals surface area (Å²) in [5, 5.41) is 3.01. The van der Waals surface area contributed by atoms with Gasteiger partial charge < -0.3 is 10.1 Å². The summed E-state index contributed by atoms with van der Waals surface area (Å²) < 4.78 is 5.14. The summed E-state index contributed by atoms with van der Waals surface area (Å²) in [6, 6.07) is 15.3. The third-order valence-corrected chi connectivity index (χ3v) is 3.17. The van der Waals surface area contributed by atoms with Crippen molar-refractivity contribution in [3.63, 3.8) is 0 Å². The van der Waals surface area contributed by atoms with Crippen molar-refractivity contribution in [2.24, 2.45) is 4.99 Å². The largest absolute Gasteiger partial charge is 0.391 e. The molecule has 0 bridgehead atoms. The normalized spacial score (nSPS) is 19.3. The monoisotopic (exact) mass is 281 g/mol. The Balaban J connectivity index is 1.62. The highest BCUT2D eigenvalue weighted by atomic mass is 16.6. The minimum absolute atomic E-state index is 0.270. The fourth-order valence-corrected chi connectivity index (χ4v) is 2.11. The number of hydrogen-bond donors (Lipinski definition) is 1. The van der Waals surface area contributed by atoms with Crippen LogP contribution >= 0.6 is 0 Å². The number of esters is 1. The molecule has 106 valence electrons. The molecule has 0 saturated carbocycles. The van der Waals surface area contributed by atoms with Gasteiger partial charge >= 0.3 is 5.97 Å². The number of carbonyl (C=O) groups is 1. The van der Waals surface area contributed by atoms with E-state index in [1.54, 1.807) is 6.20 Å². The van der Waals surface area contributed by atoms with E-state index in [2.05, 4.69) is 15.3 Å². The Bertz CT molecular complexity index is 641. The number of ether oxygens (including phenoxy) is 1. The van der Waals surface area contributed by atoms with Gasteiger partial charge in [-0.15, -0.1) is 0 Å². The van der Waals surface area contributed by atoms with Gasteiger partial charge in [0, 0.05) is 12.6 Å². The van der Waals surface area contributed by atoms with E-state index in [-0.39, 0.29) is 18.0 Å². The highest BCUT2D eigenvalue weighted by molar-refractivity contribution is 5.97. The van der Waals surface area contributed by atoms with Crippen LogP contribution in [0.4, 0.5) is 0 Å². The number of aliphatic imine (C=N–C) groups is 1. The van der Waals surface area contributed by atoms with Crippen LogP contribution in [-0.2, 0) is 22.5 Å². The SMILES string of the molecule is O=C1OC(=NCc2ccccn2)N[C@@H]1Cc1ccccc1. The lowest BCUT2D eigenvalue weighted by molar-refractivity contribution is -0.134. The lowest BCUT2D eigenvalue weighted by Gasteiger charge is -2.05. The molecule has 2 heterocycles. The topological polar surface area (TPSA) is 63.6 Å². The smallest absolute Gasteiger partial charge is 0.336 e. The van der Waals surface area contributed by atoms with Crippen molar-refractivity contribution in [1.82, 2.24) is 10.3 Å². The van der Waals surface area contributed by atoms with Crippen LogP contribution in [0, 0.1) is 0 Å². The second-order valence-corrected chi connectivity index (χ2v) is 4.75. The molecule has 0 radical (unpaired) electrons. The molecule has 1 atom stereocenters. The van der Waals surface area contributed by atoms with Crippen LogP contribution in [0.3, 0.4) is 0 Å². The highest BCUT2D eigenvalue weighted by Crippen LogP contribution is 2.09. The first-order chi connectivity index (χ1) is 10.3. The van der Waals surface area contributed by atoms with Crippen LogP contribution in [0.25, 0.3) is 0 Å². The summed E-state index contributed by atoms with van der Waals surface area (Å²) in [6.07, 6.45) is 2.30. The first-order valence-electron chi connectivity index (χ1n) is 6.78. The Morgan fingerprint density at radius 1 is 1.14 bits per heavy atom. The average molecular weight is 281 g/mol. The Labute approximate surface area is 122 Å². The van der Waals surface area contributed by atoms with E-state index >= 15 is 0 Å². The summed E-state index contributed by atoms with van der Waals surface area (Å²) in [4.78, 5) is 20.2. The van der Waals surface area contributed by atoms with Gasteiger partial charge in [0.25, 0.3) is 6.02 Å². The molecule has 1 aromatic heterocycles. The Kier molecular flexibility index (Phi) is 3.91. The number of hydrogen-bond acceptors (Lipinski definition) is 4. The standard InChI is InChI=1S/C16H15N3O2/c20-15-14(10-12-6-2-1-3-7-12)19-16(21-15)18-11-13-8-4-5-9-17-13/h1-9,14H,10-11H2,(H,18,19)/t14-/m1/s1. The molecule has 1 aliphatic rings. The molecule has 0 unspecified atom stereocenters. The number of carbonyl (C=O) groups excluding carboxylic acids is 1. The van der Waals surface area contributed by atoms with Gasteiger partial charge in [0.15, 0.2) is 0 Å². The molecule has 1 aliphatic heterocycles. The molecule has 0 amide bonds. The first-order valence-corrected chi connectivity index (χ1v) is 6.78. The van der Waals surface area contributed by atoms with Gasteiger partial charge in [-0.25, -0.2) is 9.79 Å². The predicted octanol–water partition coefficient (Wildman–Crippen LogP) is 1.70. The minimum Gasteiger partial charge on any atom is -0.391 e. The molecule has 1 aromatic carbocycles. The zero-order valence-corrected chi connectivity index (χ0v) is 11.4. The van der Waals surface area contributed by atoms with E-state index in [4.69, 9.17) is 4.74 Å². The van der Waals surface area contributed by atoms with E-state index in [0.717, 1.165) is 11.3 Å². The number of nitrogens with one attached hydrogen (secondary N) is 1. The number of amidine groups is 1. The fraction of sp³-hybridized carbons (Fsp3) is 0.188. The maximum absolute atomic E-state index is 11.8. The number of nitrogens with zero attached hydrogens (tertiary/aromatic N) is 2. The second-order valence-electron chi connectivity index (χ2n) is 4.75. The van der Waals surface area contributed by atoms with Crippen LogP contribution in [0.1, 0.15) is 11.3 Å². The van der Waals surface area contributed by atoms with E-state index in [1.165, 1.54) is 0 Å². The van der Waals surface area contributed by atoms with E-state index in [0.29, 0.717) is 13.0 Å². The van der Waals surface area contributed by atoms with Gasteiger partial charge in [0.2, 0.25) is 0 Å². The van der Waals surface area contributed by atoms with Gasteiger partial charge in [-0.05, 0) is 17.7 Å². The molecule has 0 spiro atoms. The predicted molar refractivity (Wildman–Crippen MR) is 78.5 cm³/mol. The number of rotatable bonds is 4. The van der Waals surface area contributed by atoms with Crippen LogP contribution in [0.2, 0.25) is 0 Å². The maximum Gasteiger partial charge on any atom is 0.336 e. The maximum atomic E-state index is 11.8. The van der Waals surface area contributed by atoms with Gasteiger partial charge in [-0.2, -0.15) is 0 Å². The zero-order chi connectivity index (χ0) is 14.5. The van der Waals surface area contributed by atoms with Crippen molar-refractivity contribution in [1.29, 1.82) is 0 Å². The molecular weight excluding hydrogens is 266 g/mol. The summed E-state index contributed by atoms with van der Waals surface area (Å²) in [5.74, 6) is -0.293. The van der Waals surface area contributed by atoms with Crippen molar-refractivity contribution < 1.29 is 9.53 Å². The molecule has 0 aliphatic carbocycles. The van der Waals surface area contributed by atoms with E-state index in [9.17, 15) is 4.79 Å². The zero-order valence-electron chi connectivity index (χ0n) is 11.4. The molecule has 5 nitrogen and oxygen atoms in total. The Hall–Kier alpha value is -2.69. The first kappa shape index (κ1) is 13.3. The molecule has 5 heteroatoms. The number of cyclic esters (lactones) is 1. The van der Waals surface area contributed by atoms with E-state index < -0.39 is 0 Å². The van der Waals surface area contributed by atoms with Gasteiger partial charge in [-0.1, -0.05) is 36.4 Å². The minimum atomic E-state index is -0.380. The lowest BCUT2D eigenvalue weighted by atomic mass is 10.1. The summed E-state index contributed by atoms with van der Waals surface area (Å²) >= 11 is 0. The Morgan fingerprint density at radius 2 is 1.95 bits per heavy atom. The molecule has 3 rings (SSSR count). The number of benzene rings is 1. The highest BCUT2D eigenvalue weighted by Gasteiger charge is 2.30. The van der Waals surface area contributed by atoms with Gasteiger partial charge in [0.1, 0.15) is 6.04 Å². The van der Waals surface area contributed by atoms with Crippen LogP contribution in [0.15, 0.2) is 59.7 Å². The Morgan fingerprint density at radius 3 is 2.71 bits per heavy atom. The van der Waals surface area contributed by atoms with Crippen molar-refractivity contribution in [2.75, 3.05) is 0 Å². The third kappa shape index (κ3) is 3.45. The molecule has 1 fully saturated rings. The summed E-state index contributed by atoms with van der Waals surface area (Å²) in [7, 11) is 0. The van der Waals surface area contributed by atoms with Gasteiger partial charge in [0.05, 0.1) is 12.2 Å². The van der Waals surface area contributed by atoms with Crippen LogP contribution < -0.4 is 5.32 Å². The lowest BCUT2D eigenvalue weighted by Crippen LogP contribution is -2.31. The van der Waals surface area contributed by atoms with Crippen molar-refractivity contribution >= 4 is 12.0 Å². The molecule has 1 N–H and O–H groups in total. The summed E-state index contributed by atoms with van der Waals surface area (Å²) in [5.41, 5.74) is 1.91. The van der Waals surface area contributed by atoms with Gasteiger partial charge in [-0.3, -0.25) is 4.98 Å². The fourth-order valence-electron chi connectivity index (χ4n) is 2.11. The number of aromatic nitrogens is 1. The third-order valence-electron chi connectivity index (χ3n) is 3.17. The van der Waals surface area contributed by atoms with Crippen molar-refractivity contribution in [3.05, 3.63) is 66.0 Å². The molecule has 1 saturated heterocycles. The number of pyridine rings is 1. The van der Waals surface area contributed by atoms with Crippen molar-refractivity contribution in [2.45, 2.75) is 19.0 Å². The summed E-state index contributed by atoms with van der Waals surface area (Å²) in [6.45, 7) is 0.383. The molecule has 21 heavy (non-hydrogen) atoms. The van der Waals surface area contributed by atoms with Crippen LogP contribution in [-0.4, -0.2) is 23.0 Å². The van der Waals surface area contributed by atoms with Crippen LogP contribution in [0.5, 0.6) is 0 Å². The second kappa shape index (κ2) is 6.17. The average Bonchev–Trinajstić information content (AvgIpc) is 2.87.